The molecule has 4 aromatic rings. The topological polar surface area (TPSA) is 129 Å². The normalized spacial score (nSPS) is 12.0. The van der Waals surface area contributed by atoms with E-state index in [-0.39, 0.29) is 18.4 Å². The summed E-state index contributed by atoms with van der Waals surface area (Å²) in [7, 11) is 7.16. The van der Waals surface area contributed by atoms with E-state index in [0.717, 1.165) is 39.1 Å². The van der Waals surface area contributed by atoms with Crippen LogP contribution in [0.15, 0.2) is 60.9 Å². The smallest absolute Gasteiger partial charge is 0.268 e. The SMILES string of the molecule is CNCc1c(-c2[nH]ncc2-c2ccc(CN(C)CC(=O)N(C)C)c(Cl)c2)c[nH]c1C(=O)N[C@H](CO)c1ccccc1. The van der Waals surface area contributed by atoms with Crippen LogP contribution in [0.4, 0.5) is 0 Å². The van der Waals surface area contributed by atoms with Crippen molar-refractivity contribution in [3.05, 3.63) is 88.3 Å². The predicted molar refractivity (Wildman–Crippen MR) is 160 cm³/mol. The van der Waals surface area contributed by atoms with Crippen molar-refractivity contribution in [2.24, 2.45) is 0 Å². The third-order valence-corrected chi connectivity index (χ3v) is 7.23. The zero-order valence-corrected chi connectivity index (χ0v) is 24.4. The summed E-state index contributed by atoms with van der Waals surface area (Å²) in [5.41, 5.74) is 6.10. The number of likely N-dealkylation sites (N-methyl/N-ethyl adjacent to an activating group) is 2. The summed E-state index contributed by atoms with van der Waals surface area (Å²) in [6.45, 7) is 1.01. The van der Waals surface area contributed by atoms with E-state index in [4.69, 9.17) is 11.6 Å². The number of hydrogen-bond donors (Lipinski definition) is 5. The van der Waals surface area contributed by atoms with Gasteiger partial charge in [0.25, 0.3) is 5.91 Å². The molecule has 0 aliphatic heterocycles. The number of aliphatic hydroxyl groups excluding tert-OH is 1. The number of benzene rings is 2. The van der Waals surface area contributed by atoms with Gasteiger partial charge in [-0.25, -0.2) is 0 Å². The van der Waals surface area contributed by atoms with Gasteiger partial charge in [0.1, 0.15) is 5.69 Å². The quantitative estimate of drug-likeness (QED) is 0.175. The fourth-order valence-corrected chi connectivity index (χ4v) is 4.90. The fourth-order valence-electron chi connectivity index (χ4n) is 4.66. The standard InChI is InChI=1S/C30H36ClN7O3/c1-32-13-23-24(14-33-29(23)30(41)35-26(18-39)19-8-6-5-7-9-19)28-22(15-34-36-28)20-10-11-21(25(31)12-20)16-38(4)17-27(40)37(2)3/h5-12,14-15,26,32-33,39H,13,16-18H2,1-4H3,(H,34,36)(H,35,41)/t26-/m1/s1. The number of aromatic amines is 2. The van der Waals surface area contributed by atoms with Crippen LogP contribution in [0.25, 0.3) is 22.4 Å². The molecule has 0 unspecified atom stereocenters. The number of amides is 2. The number of rotatable bonds is 12. The molecule has 11 heteroatoms. The van der Waals surface area contributed by atoms with Crippen LogP contribution in [0.2, 0.25) is 5.02 Å². The lowest BCUT2D eigenvalue weighted by molar-refractivity contribution is -0.129. The third kappa shape index (κ3) is 7.04. The minimum absolute atomic E-state index is 0.0205. The number of carbonyl (C=O) groups excluding carboxylic acids is 2. The van der Waals surface area contributed by atoms with Crippen molar-refractivity contribution in [1.82, 2.24) is 35.6 Å². The van der Waals surface area contributed by atoms with Gasteiger partial charge in [-0.15, -0.1) is 0 Å². The zero-order chi connectivity index (χ0) is 29.5. The summed E-state index contributed by atoms with van der Waals surface area (Å²) >= 11 is 6.69. The maximum Gasteiger partial charge on any atom is 0.268 e. The maximum atomic E-state index is 13.3. The molecule has 0 saturated carbocycles. The molecule has 2 heterocycles. The van der Waals surface area contributed by atoms with Gasteiger partial charge in [0.05, 0.1) is 31.1 Å². The molecule has 41 heavy (non-hydrogen) atoms. The number of carbonyl (C=O) groups is 2. The van der Waals surface area contributed by atoms with Crippen LogP contribution in [-0.2, 0) is 17.9 Å². The highest BCUT2D eigenvalue weighted by Gasteiger charge is 2.24. The molecule has 0 bridgehead atoms. The molecule has 10 nitrogen and oxygen atoms in total. The lowest BCUT2D eigenvalue weighted by Crippen LogP contribution is -2.34. The van der Waals surface area contributed by atoms with Crippen LogP contribution in [0.3, 0.4) is 0 Å². The number of aromatic nitrogens is 3. The van der Waals surface area contributed by atoms with Crippen LogP contribution in [-0.4, -0.2) is 83.2 Å². The molecule has 216 valence electrons. The Labute approximate surface area is 244 Å². The Balaban J connectivity index is 1.59. The van der Waals surface area contributed by atoms with Gasteiger partial charge in [0, 0.05) is 55.1 Å². The zero-order valence-electron chi connectivity index (χ0n) is 23.7. The monoisotopic (exact) mass is 577 g/mol. The predicted octanol–water partition coefficient (Wildman–Crippen LogP) is 3.43. The molecule has 4 rings (SSSR count). The van der Waals surface area contributed by atoms with Crippen LogP contribution < -0.4 is 10.6 Å². The molecule has 1 atom stereocenters. The molecular formula is C30H36ClN7O3. The molecule has 2 amide bonds. The minimum Gasteiger partial charge on any atom is -0.394 e. The minimum atomic E-state index is -0.540. The van der Waals surface area contributed by atoms with E-state index in [1.54, 1.807) is 31.4 Å². The molecule has 0 fully saturated rings. The lowest BCUT2D eigenvalue weighted by Gasteiger charge is -2.19. The maximum absolute atomic E-state index is 13.3. The van der Waals surface area contributed by atoms with Gasteiger partial charge in [-0.3, -0.25) is 19.6 Å². The molecule has 2 aromatic carbocycles. The van der Waals surface area contributed by atoms with Crippen molar-refractivity contribution in [1.29, 1.82) is 0 Å². The average Bonchev–Trinajstić information content (AvgIpc) is 3.60. The van der Waals surface area contributed by atoms with Gasteiger partial charge in [-0.05, 0) is 36.9 Å². The Morgan fingerprint density at radius 2 is 1.85 bits per heavy atom. The number of H-pyrrole nitrogens is 2. The molecule has 0 saturated heterocycles. The average molecular weight is 578 g/mol. The largest absolute Gasteiger partial charge is 0.394 e. The number of hydrogen-bond acceptors (Lipinski definition) is 6. The molecule has 0 radical (unpaired) electrons. The molecule has 0 aliphatic carbocycles. The number of nitrogens with zero attached hydrogens (tertiary/aromatic N) is 3. The van der Waals surface area contributed by atoms with Crippen molar-refractivity contribution in [3.63, 3.8) is 0 Å². The summed E-state index contributed by atoms with van der Waals surface area (Å²) in [6.07, 6.45) is 3.51. The Hall–Kier alpha value is -3.96. The van der Waals surface area contributed by atoms with E-state index in [0.29, 0.717) is 30.4 Å². The van der Waals surface area contributed by atoms with Crippen LogP contribution in [0, 0.1) is 0 Å². The summed E-state index contributed by atoms with van der Waals surface area (Å²) in [5, 5.41) is 24.0. The first kappa shape index (κ1) is 30.0. The second-order valence-corrected chi connectivity index (χ2v) is 10.5. The highest BCUT2D eigenvalue weighted by atomic mass is 35.5. The van der Waals surface area contributed by atoms with Crippen LogP contribution >= 0.6 is 11.6 Å². The molecule has 0 aliphatic rings. The van der Waals surface area contributed by atoms with Gasteiger partial charge < -0.3 is 25.6 Å². The Morgan fingerprint density at radius 3 is 2.51 bits per heavy atom. The molecule has 5 N–H and O–H groups in total. The van der Waals surface area contributed by atoms with Crippen molar-refractivity contribution >= 4 is 23.4 Å². The van der Waals surface area contributed by atoms with Gasteiger partial charge in [0.2, 0.25) is 5.91 Å². The third-order valence-electron chi connectivity index (χ3n) is 6.88. The molecular weight excluding hydrogens is 542 g/mol. The Kier molecular flexibility index (Phi) is 9.95. The van der Waals surface area contributed by atoms with Crippen molar-refractivity contribution in [2.75, 3.05) is 41.3 Å². The summed E-state index contributed by atoms with van der Waals surface area (Å²) in [5.74, 6) is -0.304. The Bertz CT molecular complexity index is 1480. The summed E-state index contributed by atoms with van der Waals surface area (Å²) in [6, 6.07) is 14.6. The number of nitrogens with one attached hydrogen (secondary N) is 4. The lowest BCUT2D eigenvalue weighted by atomic mass is 9.98. The van der Waals surface area contributed by atoms with Gasteiger partial charge in [0.15, 0.2) is 0 Å². The van der Waals surface area contributed by atoms with Gasteiger partial charge in [-0.1, -0.05) is 54.1 Å². The van der Waals surface area contributed by atoms with Gasteiger partial charge in [-0.2, -0.15) is 5.10 Å². The summed E-state index contributed by atoms with van der Waals surface area (Å²) in [4.78, 5) is 32.0. The highest BCUT2D eigenvalue weighted by Crippen LogP contribution is 2.35. The first-order valence-corrected chi connectivity index (χ1v) is 13.6. The highest BCUT2D eigenvalue weighted by molar-refractivity contribution is 6.31. The Morgan fingerprint density at radius 1 is 1.10 bits per heavy atom. The van der Waals surface area contributed by atoms with Crippen molar-refractivity contribution < 1.29 is 14.7 Å². The second kappa shape index (κ2) is 13.6. The van der Waals surface area contributed by atoms with E-state index in [2.05, 4.69) is 25.8 Å². The van der Waals surface area contributed by atoms with E-state index >= 15 is 0 Å². The van der Waals surface area contributed by atoms with E-state index in [1.807, 2.05) is 67.5 Å². The summed E-state index contributed by atoms with van der Waals surface area (Å²) < 4.78 is 0. The van der Waals surface area contributed by atoms with Gasteiger partial charge >= 0.3 is 0 Å². The van der Waals surface area contributed by atoms with E-state index in [9.17, 15) is 14.7 Å². The first-order valence-electron chi connectivity index (χ1n) is 13.3. The first-order chi connectivity index (χ1) is 19.7. The number of halogens is 1. The number of aliphatic hydroxyl groups is 1. The molecule has 0 spiro atoms. The van der Waals surface area contributed by atoms with Crippen LogP contribution in [0.1, 0.15) is 33.2 Å². The van der Waals surface area contributed by atoms with E-state index < -0.39 is 6.04 Å². The van der Waals surface area contributed by atoms with E-state index in [1.165, 1.54) is 0 Å². The molecule has 2 aromatic heterocycles. The van der Waals surface area contributed by atoms with Crippen LogP contribution in [0.5, 0.6) is 0 Å². The second-order valence-electron chi connectivity index (χ2n) is 10.1. The van der Waals surface area contributed by atoms with Crippen molar-refractivity contribution in [2.45, 2.75) is 19.1 Å². The van der Waals surface area contributed by atoms with Crippen molar-refractivity contribution in [3.8, 4) is 22.4 Å². The fraction of sp³-hybridized carbons (Fsp3) is 0.300.